The Bertz CT molecular complexity index is 843. The zero-order chi connectivity index (χ0) is 16.9. The van der Waals surface area contributed by atoms with Gasteiger partial charge < -0.3 is 9.47 Å². The Morgan fingerprint density at radius 3 is 2.62 bits per heavy atom. The normalized spacial score (nSPS) is 10.4. The third-order valence-corrected chi connectivity index (χ3v) is 4.66. The standard InChI is InChI=1S/C19H17NO3S/c1-13-16(20-19(24-13)15-6-4-3-5-7-15)12-23-17-9-8-14(11-21)10-18(17)22-2/h3-11H,12H2,1-2H3. The van der Waals surface area contributed by atoms with E-state index in [1.165, 1.54) is 0 Å². The van der Waals surface area contributed by atoms with Crippen LogP contribution in [0.5, 0.6) is 11.5 Å². The van der Waals surface area contributed by atoms with E-state index in [0.717, 1.165) is 27.4 Å². The molecule has 0 spiro atoms. The second-order valence-corrected chi connectivity index (χ2v) is 6.41. The van der Waals surface area contributed by atoms with Crippen LogP contribution in [-0.2, 0) is 6.61 Å². The fourth-order valence-corrected chi connectivity index (χ4v) is 3.21. The molecule has 0 amide bonds. The summed E-state index contributed by atoms with van der Waals surface area (Å²) in [5.41, 5.74) is 2.56. The summed E-state index contributed by atoms with van der Waals surface area (Å²) >= 11 is 1.65. The lowest BCUT2D eigenvalue weighted by Gasteiger charge is -2.10. The van der Waals surface area contributed by atoms with Gasteiger partial charge in [-0.25, -0.2) is 4.98 Å². The number of benzene rings is 2. The number of thiazole rings is 1. The fraction of sp³-hybridized carbons (Fsp3) is 0.158. The fourth-order valence-electron chi connectivity index (χ4n) is 2.29. The second-order valence-electron chi connectivity index (χ2n) is 5.20. The van der Waals surface area contributed by atoms with Crippen LogP contribution in [0.4, 0.5) is 0 Å². The molecule has 5 heteroatoms. The molecule has 3 aromatic rings. The minimum absolute atomic E-state index is 0.353. The Hall–Kier alpha value is -2.66. The van der Waals surface area contributed by atoms with E-state index >= 15 is 0 Å². The Balaban J connectivity index is 1.78. The van der Waals surface area contributed by atoms with Gasteiger partial charge in [0.2, 0.25) is 0 Å². The van der Waals surface area contributed by atoms with Crippen LogP contribution in [0.2, 0.25) is 0 Å². The number of aromatic nitrogens is 1. The van der Waals surface area contributed by atoms with Gasteiger partial charge in [0.25, 0.3) is 0 Å². The van der Waals surface area contributed by atoms with Crippen LogP contribution in [0.15, 0.2) is 48.5 Å². The van der Waals surface area contributed by atoms with Crippen LogP contribution >= 0.6 is 11.3 Å². The summed E-state index contributed by atoms with van der Waals surface area (Å²) in [6.07, 6.45) is 0.781. The molecule has 0 saturated carbocycles. The minimum atomic E-state index is 0.353. The smallest absolute Gasteiger partial charge is 0.161 e. The highest BCUT2D eigenvalue weighted by molar-refractivity contribution is 7.15. The average Bonchev–Trinajstić information content (AvgIpc) is 3.01. The van der Waals surface area contributed by atoms with Crippen molar-refractivity contribution in [2.45, 2.75) is 13.5 Å². The van der Waals surface area contributed by atoms with Crippen LogP contribution in [0.3, 0.4) is 0 Å². The third kappa shape index (κ3) is 3.46. The molecule has 3 rings (SSSR count). The van der Waals surface area contributed by atoms with Crippen molar-refractivity contribution in [1.29, 1.82) is 0 Å². The number of carbonyl (C=O) groups excluding carboxylic acids is 1. The second kappa shape index (κ2) is 7.27. The number of ether oxygens (including phenoxy) is 2. The number of hydrogen-bond acceptors (Lipinski definition) is 5. The molecule has 0 unspecified atom stereocenters. The van der Waals surface area contributed by atoms with E-state index in [4.69, 9.17) is 9.47 Å². The molecule has 0 aliphatic rings. The van der Waals surface area contributed by atoms with Crippen LogP contribution in [0, 0.1) is 6.92 Å². The molecule has 0 saturated heterocycles. The van der Waals surface area contributed by atoms with E-state index < -0.39 is 0 Å². The highest BCUT2D eigenvalue weighted by atomic mass is 32.1. The first-order valence-electron chi connectivity index (χ1n) is 7.49. The summed E-state index contributed by atoms with van der Waals surface area (Å²) in [5.74, 6) is 1.13. The van der Waals surface area contributed by atoms with E-state index in [-0.39, 0.29) is 0 Å². The Labute approximate surface area is 144 Å². The molecule has 0 fully saturated rings. The van der Waals surface area contributed by atoms with Crippen LogP contribution in [0.25, 0.3) is 10.6 Å². The first-order chi connectivity index (χ1) is 11.7. The number of rotatable bonds is 6. The van der Waals surface area contributed by atoms with Gasteiger partial charge >= 0.3 is 0 Å². The maximum absolute atomic E-state index is 10.8. The molecule has 0 bridgehead atoms. The molecule has 24 heavy (non-hydrogen) atoms. The zero-order valence-electron chi connectivity index (χ0n) is 13.5. The van der Waals surface area contributed by atoms with Crippen molar-refractivity contribution in [2.75, 3.05) is 7.11 Å². The lowest BCUT2D eigenvalue weighted by Crippen LogP contribution is -2.00. The van der Waals surface area contributed by atoms with Gasteiger partial charge in [-0.3, -0.25) is 4.79 Å². The Kier molecular flexibility index (Phi) is 4.91. The van der Waals surface area contributed by atoms with Crippen molar-refractivity contribution in [3.63, 3.8) is 0 Å². The van der Waals surface area contributed by atoms with E-state index in [0.29, 0.717) is 23.7 Å². The summed E-state index contributed by atoms with van der Waals surface area (Å²) in [5, 5.41) is 0.981. The number of hydrogen-bond donors (Lipinski definition) is 0. The monoisotopic (exact) mass is 339 g/mol. The molecule has 0 aliphatic heterocycles. The van der Waals surface area contributed by atoms with Gasteiger partial charge in [0.15, 0.2) is 11.5 Å². The Morgan fingerprint density at radius 2 is 1.92 bits per heavy atom. The molecule has 1 heterocycles. The first-order valence-corrected chi connectivity index (χ1v) is 8.30. The minimum Gasteiger partial charge on any atom is -0.493 e. The molecular weight excluding hydrogens is 322 g/mol. The maximum atomic E-state index is 10.8. The largest absolute Gasteiger partial charge is 0.493 e. The molecule has 122 valence electrons. The maximum Gasteiger partial charge on any atom is 0.161 e. The van der Waals surface area contributed by atoms with Gasteiger partial charge in [0, 0.05) is 16.0 Å². The van der Waals surface area contributed by atoms with Gasteiger partial charge in [0.05, 0.1) is 12.8 Å². The summed E-state index contributed by atoms with van der Waals surface area (Å²) < 4.78 is 11.1. The lowest BCUT2D eigenvalue weighted by molar-refractivity contribution is 0.112. The summed E-state index contributed by atoms with van der Waals surface area (Å²) in [6, 6.07) is 15.2. The predicted molar refractivity (Wildman–Crippen MR) is 95.0 cm³/mol. The number of aldehydes is 1. The van der Waals surface area contributed by atoms with Crippen LogP contribution in [0.1, 0.15) is 20.9 Å². The molecule has 1 aromatic heterocycles. The number of carbonyl (C=O) groups is 1. The first kappa shape index (κ1) is 16.2. The van der Waals surface area contributed by atoms with E-state index in [9.17, 15) is 4.79 Å². The quantitative estimate of drug-likeness (QED) is 0.620. The van der Waals surface area contributed by atoms with Gasteiger partial charge in [-0.1, -0.05) is 30.3 Å². The molecule has 0 atom stereocenters. The SMILES string of the molecule is COc1cc(C=O)ccc1OCc1nc(-c2ccccc2)sc1C. The highest BCUT2D eigenvalue weighted by Crippen LogP contribution is 2.31. The van der Waals surface area contributed by atoms with Crippen molar-refractivity contribution in [3.8, 4) is 22.1 Å². The van der Waals surface area contributed by atoms with Crippen molar-refractivity contribution in [2.24, 2.45) is 0 Å². The van der Waals surface area contributed by atoms with Gasteiger partial charge in [-0.15, -0.1) is 11.3 Å². The zero-order valence-corrected chi connectivity index (χ0v) is 14.3. The number of aryl methyl sites for hydroxylation is 1. The van der Waals surface area contributed by atoms with E-state index in [1.54, 1.807) is 36.6 Å². The predicted octanol–water partition coefficient (Wildman–Crippen LogP) is 4.52. The topological polar surface area (TPSA) is 48.4 Å². The Morgan fingerprint density at radius 1 is 1.12 bits per heavy atom. The molecule has 0 radical (unpaired) electrons. The molecule has 4 nitrogen and oxygen atoms in total. The van der Waals surface area contributed by atoms with E-state index in [1.807, 2.05) is 37.3 Å². The van der Waals surface area contributed by atoms with Crippen LogP contribution in [-0.4, -0.2) is 18.4 Å². The highest BCUT2D eigenvalue weighted by Gasteiger charge is 2.12. The molecular formula is C19H17NO3S. The van der Waals surface area contributed by atoms with Gasteiger partial charge in [0.1, 0.15) is 17.9 Å². The summed E-state index contributed by atoms with van der Waals surface area (Å²) in [7, 11) is 1.55. The van der Waals surface area contributed by atoms with Crippen molar-refractivity contribution < 1.29 is 14.3 Å². The number of methoxy groups -OCH3 is 1. The number of nitrogens with zero attached hydrogens (tertiary/aromatic N) is 1. The molecule has 0 aliphatic carbocycles. The molecule has 0 N–H and O–H groups in total. The molecule has 2 aromatic carbocycles. The third-order valence-electron chi connectivity index (χ3n) is 3.60. The average molecular weight is 339 g/mol. The van der Waals surface area contributed by atoms with Gasteiger partial charge in [-0.2, -0.15) is 0 Å². The van der Waals surface area contributed by atoms with Crippen molar-refractivity contribution in [3.05, 3.63) is 64.7 Å². The van der Waals surface area contributed by atoms with Crippen molar-refractivity contribution in [1.82, 2.24) is 4.98 Å². The van der Waals surface area contributed by atoms with Crippen molar-refractivity contribution >= 4 is 17.6 Å². The van der Waals surface area contributed by atoms with Gasteiger partial charge in [-0.05, 0) is 25.1 Å². The van der Waals surface area contributed by atoms with E-state index in [2.05, 4.69) is 4.98 Å². The summed E-state index contributed by atoms with van der Waals surface area (Å²) in [4.78, 5) is 16.6. The lowest BCUT2D eigenvalue weighted by atomic mass is 10.2. The summed E-state index contributed by atoms with van der Waals surface area (Å²) in [6.45, 7) is 2.39. The van der Waals surface area contributed by atoms with Crippen LogP contribution < -0.4 is 9.47 Å².